The molecule has 1 rings (SSSR count). The Balaban J connectivity index is 2.20. The number of hydrogen-bond donors (Lipinski definition) is 2. The molecule has 1 aromatic rings. The molecule has 0 fully saturated rings. The smallest absolute Gasteiger partial charge is 0.118 e. The van der Waals surface area contributed by atoms with Crippen LogP contribution in [0.25, 0.3) is 0 Å². The molecule has 0 amide bonds. The Hall–Kier alpha value is -1.06. The first-order valence-corrected chi connectivity index (χ1v) is 5.40. The first kappa shape index (κ1) is 12.0. The number of methoxy groups -OCH3 is 1. The Labute approximate surface area is 91.6 Å². The quantitative estimate of drug-likeness (QED) is 0.661. The minimum absolute atomic E-state index is 0.711. The molecule has 0 aliphatic carbocycles. The summed E-state index contributed by atoms with van der Waals surface area (Å²) in [6, 6.07) is 8.23. The van der Waals surface area contributed by atoms with Gasteiger partial charge in [0.05, 0.1) is 7.11 Å². The number of aryl methyl sites for hydroxylation is 1. The first-order chi connectivity index (χ1) is 7.36. The van der Waals surface area contributed by atoms with Crippen molar-refractivity contribution in [2.24, 2.45) is 5.73 Å². The summed E-state index contributed by atoms with van der Waals surface area (Å²) in [6.07, 6.45) is 2.24. The molecule has 0 spiro atoms. The van der Waals surface area contributed by atoms with Crippen LogP contribution in [0, 0.1) is 0 Å². The third-order valence-electron chi connectivity index (χ3n) is 2.30. The van der Waals surface area contributed by atoms with Gasteiger partial charge in [-0.05, 0) is 37.1 Å². The van der Waals surface area contributed by atoms with Crippen LogP contribution in [-0.2, 0) is 6.42 Å². The van der Waals surface area contributed by atoms with Crippen molar-refractivity contribution in [3.63, 3.8) is 0 Å². The normalized spacial score (nSPS) is 10.3. The van der Waals surface area contributed by atoms with Gasteiger partial charge in [-0.3, -0.25) is 0 Å². The lowest BCUT2D eigenvalue weighted by Gasteiger charge is -2.04. The van der Waals surface area contributed by atoms with Gasteiger partial charge < -0.3 is 15.8 Å². The second-order valence-electron chi connectivity index (χ2n) is 3.49. The Morgan fingerprint density at radius 1 is 1.20 bits per heavy atom. The van der Waals surface area contributed by atoms with E-state index in [-0.39, 0.29) is 0 Å². The van der Waals surface area contributed by atoms with Gasteiger partial charge in [0.2, 0.25) is 0 Å². The number of hydrogen-bond acceptors (Lipinski definition) is 3. The van der Waals surface area contributed by atoms with Crippen LogP contribution in [0.3, 0.4) is 0 Å². The standard InChI is InChI=1S/C12H20N2O/c1-15-12-6-4-11(5-7-12)3-2-9-14-10-8-13/h4-7,14H,2-3,8-10,13H2,1H3. The maximum atomic E-state index is 5.38. The van der Waals surface area contributed by atoms with Crippen molar-refractivity contribution in [2.75, 3.05) is 26.7 Å². The Morgan fingerprint density at radius 2 is 1.93 bits per heavy atom. The second kappa shape index (κ2) is 7.26. The molecule has 0 unspecified atom stereocenters. The molecule has 15 heavy (non-hydrogen) atoms. The van der Waals surface area contributed by atoms with Crippen LogP contribution in [0.15, 0.2) is 24.3 Å². The van der Waals surface area contributed by atoms with Crippen molar-refractivity contribution in [3.8, 4) is 5.75 Å². The van der Waals surface area contributed by atoms with Crippen LogP contribution in [0.2, 0.25) is 0 Å². The van der Waals surface area contributed by atoms with Gasteiger partial charge in [0.1, 0.15) is 5.75 Å². The van der Waals surface area contributed by atoms with Gasteiger partial charge in [-0.1, -0.05) is 12.1 Å². The number of benzene rings is 1. The summed E-state index contributed by atoms with van der Waals surface area (Å²) < 4.78 is 5.10. The van der Waals surface area contributed by atoms with E-state index in [9.17, 15) is 0 Å². The van der Waals surface area contributed by atoms with Crippen molar-refractivity contribution in [1.82, 2.24) is 5.32 Å². The van der Waals surface area contributed by atoms with E-state index in [1.165, 1.54) is 5.56 Å². The van der Waals surface area contributed by atoms with Crippen molar-refractivity contribution in [1.29, 1.82) is 0 Å². The first-order valence-electron chi connectivity index (χ1n) is 5.40. The number of nitrogens with two attached hydrogens (primary N) is 1. The molecule has 0 saturated heterocycles. The van der Waals surface area contributed by atoms with E-state index < -0.39 is 0 Å². The highest BCUT2D eigenvalue weighted by molar-refractivity contribution is 5.27. The predicted molar refractivity (Wildman–Crippen MR) is 63.2 cm³/mol. The summed E-state index contributed by atoms with van der Waals surface area (Å²) in [4.78, 5) is 0. The lowest BCUT2D eigenvalue weighted by Crippen LogP contribution is -2.23. The van der Waals surface area contributed by atoms with E-state index in [0.717, 1.165) is 31.7 Å². The lowest BCUT2D eigenvalue weighted by atomic mass is 10.1. The Bertz CT molecular complexity index is 259. The van der Waals surface area contributed by atoms with Gasteiger partial charge in [0.15, 0.2) is 0 Å². The van der Waals surface area contributed by atoms with E-state index >= 15 is 0 Å². The van der Waals surface area contributed by atoms with Crippen LogP contribution in [-0.4, -0.2) is 26.7 Å². The zero-order valence-electron chi connectivity index (χ0n) is 9.33. The molecule has 0 heterocycles. The summed E-state index contributed by atoms with van der Waals surface area (Å²) in [7, 11) is 1.69. The fourth-order valence-corrected chi connectivity index (χ4v) is 1.44. The average Bonchev–Trinajstić information content (AvgIpc) is 2.30. The number of ether oxygens (including phenoxy) is 1. The van der Waals surface area contributed by atoms with Gasteiger partial charge in [-0.15, -0.1) is 0 Å². The monoisotopic (exact) mass is 208 g/mol. The van der Waals surface area contributed by atoms with Gasteiger partial charge in [-0.25, -0.2) is 0 Å². The van der Waals surface area contributed by atoms with Crippen molar-refractivity contribution in [3.05, 3.63) is 29.8 Å². The van der Waals surface area contributed by atoms with Crippen LogP contribution < -0.4 is 15.8 Å². The highest BCUT2D eigenvalue weighted by atomic mass is 16.5. The molecule has 0 aliphatic rings. The summed E-state index contributed by atoms with van der Waals surface area (Å²) in [6.45, 7) is 2.65. The average molecular weight is 208 g/mol. The third-order valence-corrected chi connectivity index (χ3v) is 2.30. The summed E-state index contributed by atoms with van der Waals surface area (Å²) in [5, 5.41) is 3.28. The molecule has 3 nitrogen and oxygen atoms in total. The summed E-state index contributed by atoms with van der Waals surface area (Å²) in [5.74, 6) is 0.917. The topological polar surface area (TPSA) is 47.3 Å². The van der Waals surface area contributed by atoms with Crippen molar-refractivity contribution < 1.29 is 4.74 Å². The molecule has 3 heteroatoms. The van der Waals surface area contributed by atoms with Crippen LogP contribution in [0.4, 0.5) is 0 Å². The molecule has 0 radical (unpaired) electrons. The van der Waals surface area contributed by atoms with E-state index in [2.05, 4.69) is 17.4 Å². The molecule has 84 valence electrons. The molecular weight excluding hydrogens is 188 g/mol. The zero-order valence-corrected chi connectivity index (χ0v) is 9.33. The molecule has 1 aromatic carbocycles. The summed E-state index contributed by atoms with van der Waals surface area (Å²) in [5.41, 5.74) is 6.73. The Morgan fingerprint density at radius 3 is 2.53 bits per heavy atom. The molecule has 0 atom stereocenters. The number of rotatable bonds is 7. The largest absolute Gasteiger partial charge is 0.497 e. The van der Waals surface area contributed by atoms with Gasteiger partial charge in [-0.2, -0.15) is 0 Å². The van der Waals surface area contributed by atoms with Crippen LogP contribution in [0.1, 0.15) is 12.0 Å². The molecule has 0 saturated carbocycles. The van der Waals surface area contributed by atoms with E-state index in [1.807, 2.05) is 12.1 Å². The fraction of sp³-hybridized carbons (Fsp3) is 0.500. The minimum atomic E-state index is 0.711. The molecule has 3 N–H and O–H groups in total. The lowest BCUT2D eigenvalue weighted by molar-refractivity contribution is 0.414. The van der Waals surface area contributed by atoms with Gasteiger partial charge in [0, 0.05) is 13.1 Å². The predicted octanol–water partition coefficient (Wildman–Crippen LogP) is 1.18. The molecule has 0 bridgehead atoms. The van der Waals surface area contributed by atoms with Crippen molar-refractivity contribution in [2.45, 2.75) is 12.8 Å². The minimum Gasteiger partial charge on any atom is -0.497 e. The molecule has 0 aromatic heterocycles. The zero-order chi connectivity index (χ0) is 10.9. The van der Waals surface area contributed by atoms with Crippen LogP contribution >= 0.6 is 0 Å². The maximum Gasteiger partial charge on any atom is 0.118 e. The highest BCUT2D eigenvalue weighted by Gasteiger charge is 1.94. The summed E-state index contributed by atoms with van der Waals surface area (Å²) >= 11 is 0. The van der Waals surface area contributed by atoms with E-state index in [1.54, 1.807) is 7.11 Å². The molecule has 0 aliphatic heterocycles. The van der Waals surface area contributed by atoms with Crippen molar-refractivity contribution >= 4 is 0 Å². The van der Waals surface area contributed by atoms with Gasteiger partial charge in [0.25, 0.3) is 0 Å². The van der Waals surface area contributed by atoms with Gasteiger partial charge >= 0.3 is 0 Å². The molecular formula is C12H20N2O. The second-order valence-corrected chi connectivity index (χ2v) is 3.49. The number of nitrogens with one attached hydrogen (secondary N) is 1. The Kier molecular flexibility index (Phi) is 5.81. The van der Waals surface area contributed by atoms with E-state index in [4.69, 9.17) is 10.5 Å². The fourth-order valence-electron chi connectivity index (χ4n) is 1.44. The highest BCUT2D eigenvalue weighted by Crippen LogP contribution is 2.12. The maximum absolute atomic E-state index is 5.38. The van der Waals surface area contributed by atoms with Crippen LogP contribution in [0.5, 0.6) is 5.75 Å². The third kappa shape index (κ3) is 4.81. The SMILES string of the molecule is COc1ccc(CCCNCCN)cc1. The van der Waals surface area contributed by atoms with E-state index in [0.29, 0.717) is 6.54 Å².